The van der Waals surface area contributed by atoms with Gasteiger partial charge in [0, 0.05) is 0 Å². The summed E-state index contributed by atoms with van der Waals surface area (Å²) >= 11 is 5.66. The van der Waals surface area contributed by atoms with E-state index in [9.17, 15) is 0 Å². The molecule has 0 unspecified atom stereocenters. The molecule has 0 saturated carbocycles. The lowest BCUT2D eigenvalue weighted by Gasteiger charge is -2.05. The van der Waals surface area contributed by atoms with Crippen molar-refractivity contribution in [2.75, 3.05) is 0 Å². The Bertz CT molecular complexity index is 440. The first-order chi connectivity index (χ1) is 6.69. The van der Waals surface area contributed by atoms with E-state index in [0.29, 0.717) is 0 Å². The molecule has 1 rings (SSSR count). The van der Waals surface area contributed by atoms with E-state index in [1.54, 1.807) is 0 Å². The summed E-state index contributed by atoms with van der Waals surface area (Å²) in [6, 6.07) is 3.91. The Morgan fingerprint density at radius 2 is 2.14 bits per heavy atom. The lowest BCUT2D eigenvalue weighted by Crippen LogP contribution is -1.82. The first-order valence-electron chi connectivity index (χ1n) is 3.94. The third-order valence-electron chi connectivity index (χ3n) is 1.71. The first kappa shape index (κ1) is 10.9. The number of isothiocyanates is 1. The van der Waals surface area contributed by atoms with E-state index < -0.39 is 0 Å². The standard InChI is InChI=1S/C10H8N2S2/c1-7-3-8(2)10(14-5-11)9(4-7)12-6-13/h3-4H,1-2H3. The average Bonchev–Trinajstić information content (AvgIpc) is 2.11. The smallest absolute Gasteiger partial charge is 0.138 e. The van der Waals surface area contributed by atoms with Crippen molar-refractivity contribution in [3.05, 3.63) is 23.3 Å². The van der Waals surface area contributed by atoms with E-state index in [0.717, 1.165) is 33.5 Å². The highest BCUT2D eigenvalue weighted by Gasteiger charge is 2.06. The molecule has 0 fully saturated rings. The summed E-state index contributed by atoms with van der Waals surface area (Å²) in [7, 11) is 0. The predicted octanol–water partition coefficient (Wildman–Crippen LogP) is 3.61. The maximum absolute atomic E-state index is 8.63. The van der Waals surface area contributed by atoms with E-state index in [2.05, 4.69) is 22.4 Å². The fourth-order valence-electron chi connectivity index (χ4n) is 1.24. The lowest BCUT2D eigenvalue weighted by atomic mass is 10.1. The number of nitrogens with zero attached hydrogens (tertiary/aromatic N) is 2. The van der Waals surface area contributed by atoms with Gasteiger partial charge in [0.05, 0.1) is 15.7 Å². The van der Waals surface area contributed by atoms with Crippen LogP contribution in [0.4, 0.5) is 5.69 Å². The summed E-state index contributed by atoms with van der Waals surface area (Å²) in [5.41, 5.74) is 2.87. The lowest BCUT2D eigenvalue weighted by molar-refractivity contribution is 1.25. The molecule has 0 spiro atoms. The number of hydrogen-bond acceptors (Lipinski definition) is 4. The van der Waals surface area contributed by atoms with Crippen molar-refractivity contribution in [1.82, 2.24) is 0 Å². The molecule has 1 aromatic rings. The van der Waals surface area contributed by atoms with Gasteiger partial charge in [-0.2, -0.15) is 10.3 Å². The van der Waals surface area contributed by atoms with Gasteiger partial charge in [-0.3, -0.25) is 0 Å². The van der Waals surface area contributed by atoms with Crippen LogP contribution in [-0.4, -0.2) is 5.16 Å². The molecule has 0 saturated heterocycles. The average molecular weight is 220 g/mol. The number of aliphatic imine (C=N–C) groups is 1. The second kappa shape index (κ2) is 4.92. The molecule has 70 valence electrons. The molecule has 0 bridgehead atoms. The van der Waals surface area contributed by atoms with Gasteiger partial charge >= 0.3 is 0 Å². The highest BCUT2D eigenvalue weighted by atomic mass is 32.2. The van der Waals surface area contributed by atoms with Gasteiger partial charge in [0.1, 0.15) is 5.40 Å². The molecule has 0 radical (unpaired) electrons. The summed E-state index contributed by atoms with van der Waals surface area (Å²) in [6.07, 6.45) is 0. The number of benzene rings is 1. The molecule has 4 heteroatoms. The number of aryl methyl sites for hydroxylation is 2. The Morgan fingerprint density at radius 1 is 1.43 bits per heavy atom. The number of thiocarbonyl (C=S) groups is 1. The summed E-state index contributed by atoms with van der Waals surface area (Å²) in [6.45, 7) is 3.94. The second-order valence-corrected chi connectivity index (χ2v) is 3.80. The van der Waals surface area contributed by atoms with Gasteiger partial charge in [-0.25, -0.2) is 0 Å². The van der Waals surface area contributed by atoms with Crippen LogP contribution in [0.25, 0.3) is 0 Å². The molecule has 14 heavy (non-hydrogen) atoms. The third kappa shape index (κ3) is 2.43. The zero-order chi connectivity index (χ0) is 10.6. The Kier molecular flexibility index (Phi) is 3.84. The molecular formula is C10H8N2S2. The fourth-order valence-corrected chi connectivity index (χ4v) is 1.86. The summed E-state index contributed by atoms with van der Waals surface area (Å²) in [5.74, 6) is 0. The van der Waals surface area contributed by atoms with Crippen LogP contribution in [0, 0.1) is 24.5 Å². The second-order valence-electron chi connectivity index (χ2n) is 2.83. The highest BCUT2D eigenvalue weighted by Crippen LogP contribution is 2.33. The first-order valence-corrected chi connectivity index (χ1v) is 5.16. The van der Waals surface area contributed by atoms with E-state index >= 15 is 0 Å². The van der Waals surface area contributed by atoms with Crippen LogP contribution in [-0.2, 0) is 0 Å². The molecule has 0 atom stereocenters. The van der Waals surface area contributed by atoms with Crippen LogP contribution < -0.4 is 0 Å². The third-order valence-corrected chi connectivity index (χ3v) is 2.63. The molecule has 1 aromatic carbocycles. The Morgan fingerprint density at radius 3 is 2.71 bits per heavy atom. The Balaban J connectivity index is 3.37. The van der Waals surface area contributed by atoms with E-state index in [4.69, 9.17) is 5.26 Å². The number of thiocyanates is 1. The largest absolute Gasteiger partial charge is 0.193 e. The van der Waals surface area contributed by atoms with Crippen LogP contribution in [0.3, 0.4) is 0 Å². The zero-order valence-electron chi connectivity index (χ0n) is 7.87. The number of rotatable bonds is 2. The maximum atomic E-state index is 8.63. The van der Waals surface area contributed by atoms with Crippen molar-refractivity contribution in [2.24, 2.45) is 4.99 Å². The van der Waals surface area contributed by atoms with E-state index in [-0.39, 0.29) is 0 Å². The number of thioether (sulfide) groups is 1. The normalized spacial score (nSPS) is 8.93. The van der Waals surface area contributed by atoms with Gasteiger partial charge in [-0.15, -0.1) is 0 Å². The van der Waals surface area contributed by atoms with Crippen molar-refractivity contribution in [3.8, 4) is 5.40 Å². The highest BCUT2D eigenvalue weighted by molar-refractivity contribution is 8.03. The molecule has 0 N–H and O–H groups in total. The zero-order valence-corrected chi connectivity index (χ0v) is 9.50. The summed E-state index contributed by atoms with van der Waals surface area (Å²) in [4.78, 5) is 4.80. The monoisotopic (exact) mass is 220 g/mol. The quantitative estimate of drug-likeness (QED) is 0.330. The molecule has 2 nitrogen and oxygen atoms in total. The van der Waals surface area contributed by atoms with Gasteiger partial charge in [0.2, 0.25) is 0 Å². The maximum Gasteiger partial charge on any atom is 0.138 e. The SMILES string of the molecule is Cc1cc(C)c(SC#N)c(N=C=S)c1. The van der Waals surface area contributed by atoms with Gasteiger partial charge in [0.25, 0.3) is 0 Å². The van der Waals surface area contributed by atoms with Gasteiger partial charge < -0.3 is 0 Å². The van der Waals surface area contributed by atoms with Gasteiger partial charge in [-0.1, -0.05) is 6.07 Å². The van der Waals surface area contributed by atoms with Crippen molar-refractivity contribution in [1.29, 1.82) is 5.26 Å². The Hall–Kier alpha value is -1.14. The molecule has 0 heterocycles. The minimum absolute atomic E-state index is 0.726. The van der Waals surface area contributed by atoms with Crippen LogP contribution >= 0.6 is 24.0 Å². The van der Waals surface area contributed by atoms with Crippen molar-refractivity contribution >= 4 is 34.8 Å². The molecule has 0 aliphatic heterocycles. The van der Waals surface area contributed by atoms with Crippen molar-refractivity contribution < 1.29 is 0 Å². The number of hydrogen-bond donors (Lipinski definition) is 0. The molecule has 0 amide bonds. The van der Waals surface area contributed by atoms with E-state index in [1.807, 2.05) is 31.4 Å². The number of nitriles is 1. The predicted molar refractivity (Wildman–Crippen MR) is 62.1 cm³/mol. The molecule has 0 aromatic heterocycles. The van der Waals surface area contributed by atoms with Crippen LogP contribution in [0.15, 0.2) is 22.0 Å². The molecule has 0 aliphatic carbocycles. The molecule has 0 aliphatic rings. The van der Waals surface area contributed by atoms with Crippen LogP contribution in [0.2, 0.25) is 0 Å². The Labute approximate surface area is 92.7 Å². The minimum atomic E-state index is 0.726. The summed E-state index contributed by atoms with van der Waals surface area (Å²) in [5, 5.41) is 13.0. The van der Waals surface area contributed by atoms with Crippen LogP contribution in [0.5, 0.6) is 0 Å². The minimum Gasteiger partial charge on any atom is -0.193 e. The topological polar surface area (TPSA) is 36.1 Å². The molecular weight excluding hydrogens is 212 g/mol. The van der Waals surface area contributed by atoms with Gasteiger partial charge in [-0.05, 0) is 55.0 Å². The van der Waals surface area contributed by atoms with Crippen LogP contribution in [0.1, 0.15) is 11.1 Å². The van der Waals surface area contributed by atoms with Crippen molar-refractivity contribution in [2.45, 2.75) is 18.7 Å². The van der Waals surface area contributed by atoms with E-state index in [1.165, 1.54) is 0 Å². The van der Waals surface area contributed by atoms with Gasteiger partial charge in [0.15, 0.2) is 0 Å². The fraction of sp³-hybridized carbons (Fsp3) is 0.200. The van der Waals surface area contributed by atoms with Crippen molar-refractivity contribution in [3.63, 3.8) is 0 Å². The summed E-state index contributed by atoms with van der Waals surface area (Å²) < 4.78 is 0.